The molecule has 0 radical (unpaired) electrons. The summed E-state index contributed by atoms with van der Waals surface area (Å²) in [6.45, 7) is 1.17. The van der Waals surface area contributed by atoms with Crippen LogP contribution in [0.25, 0.3) is 33.4 Å². The number of fused-ring (bicyclic) bond motifs is 2. The molecule has 6 rings (SSSR count). The first-order chi connectivity index (χ1) is 16.2. The normalized spacial score (nSPS) is 14.8. The average Bonchev–Trinajstić information content (AvgIpc) is 3.50. The van der Waals surface area contributed by atoms with Gasteiger partial charge < -0.3 is 14.3 Å². The number of piperidine rings is 1. The minimum absolute atomic E-state index is 0.0221. The number of likely N-dealkylation sites (tertiary alicyclic amines) is 1. The second kappa shape index (κ2) is 7.78. The molecule has 7 heteroatoms. The third kappa shape index (κ3) is 3.33. The van der Waals surface area contributed by atoms with E-state index in [2.05, 4.69) is 9.97 Å². The minimum Gasteiger partial charge on any atom is -0.463 e. The number of hydrogen-bond donors (Lipinski definition) is 1. The van der Waals surface area contributed by atoms with E-state index in [0.29, 0.717) is 30.1 Å². The predicted octanol–water partition coefficient (Wildman–Crippen LogP) is 4.62. The molecule has 1 amide bonds. The standard InChI is InChI=1S/C26H22N4O3/c31-25(19-16-22(24-10-5-15-33-24)27-20-7-2-1-6-18(19)20)29-13-11-17(12-14-29)30-23-9-4-3-8-21(23)28-26(30)32/h1-10,15-17H,11-14H2,(H,28,32). The first kappa shape index (κ1) is 19.5. The number of nitrogens with zero attached hydrogens (tertiary/aromatic N) is 3. The van der Waals surface area contributed by atoms with Crippen molar-refractivity contribution in [3.05, 3.63) is 89.0 Å². The van der Waals surface area contributed by atoms with Gasteiger partial charge in [0.2, 0.25) is 0 Å². The van der Waals surface area contributed by atoms with Crippen LogP contribution in [-0.2, 0) is 0 Å². The SMILES string of the molecule is O=C(c1cc(-c2ccco2)nc2ccccc12)N1CCC(n2c(=O)[nH]c3ccccc32)CC1. The van der Waals surface area contributed by atoms with Gasteiger partial charge in [-0.15, -0.1) is 0 Å². The molecule has 0 unspecified atom stereocenters. The van der Waals surface area contributed by atoms with Crippen molar-refractivity contribution in [3.8, 4) is 11.5 Å². The van der Waals surface area contributed by atoms with Crippen molar-refractivity contribution in [2.45, 2.75) is 18.9 Å². The van der Waals surface area contributed by atoms with Crippen molar-refractivity contribution < 1.29 is 9.21 Å². The molecule has 33 heavy (non-hydrogen) atoms. The average molecular weight is 438 g/mol. The van der Waals surface area contributed by atoms with Gasteiger partial charge in [-0.3, -0.25) is 9.36 Å². The number of carbonyl (C=O) groups excluding carboxylic acids is 1. The van der Waals surface area contributed by atoms with Crippen LogP contribution in [0.4, 0.5) is 0 Å². The maximum atomic E-state index is 13.6. The zero-order chi connectivity index (χ0) is 22.4. The molecule has 1 aliphatic heterocycles. The smallest absolute Gasteiger partial charge is 0.326 e. The maximum absolute atomic E-state index is 13.6. The van der Waals surface area contributed by atoms with Gasteiger partial charge in [-0.2, -0.15) is 0 Å². The Kier molecular flexibility index (Phi) is 4.61. The van der Waals surface area contributed by atoms with Crippen LogP contribution in [0.15, 0.2) is 82.2 Å². The first-order valence-electron chi connectivity index (χ1n) is 11.1. The van der Waals surface area contributed by atoms with Gasteiger partial charge >= 0.3 is 5.69 Å². The van der Waals surface area contributed by atoms with E-state index in [0.717, 1.165) is 34.8 Å². The van der Waals surface area contributed by atoms with E-state index in [-0.39, 0.29) is 17.6 Å². The molecule has 5 aromatic rings. The van der Waals surface area contributed by atoms with E-state index < -0.39 is 0 Å². The largest absolute Gasteiger partial charge is 0.463 e. The maximum Gasteiger partial charge on any atom is 0.326 e. The molecule has 1 N–H and O–H groups in total. The molecule has 1 aliphatic rings. The number of H-pyrrole nitrogens is 1. The lowest BCUT2D eigenvalue weighted by atomic mass is 10.0. The summed E-state index contributed by atoms with van der Waals surface area (Å²) in [6.07, 6.45) is 3.05. The number of furan rings is 1. The molecule has 7 nitrogen and oxygen atoms in total. The summed E-state index contributed by atoms with van der Waals surface area (Å²) in [5.41, 5.74) is 3.68. The van der Waals surface area contributed by atoms with Crippen LogP contribution in [0.1, 0.15) is 29.2 Å². The summed E-state index contributed by atoms with van der Waals surface area (Å²) >= 11 is 0. The third-order valence-corrected chi connectivity index (χ3v) is 6.46. The van der Waals surface area contributed by atoms with E-state index >= 15 is 0 Å². The van der Waals surface area contributed by atoms with Crippen LogP contribution < -0.4 is 5.69 Å². The number of para-hydroxylation sites is 3. The highest BCUT2D eigenvalue weighted by atomic mass is 16.3. The van der Waals surface area contributed by atoms with Crippen LogP contribution in [0.5, 0.6) is 0 Å². The number of aromatic nitrogens is 3. The quantitative estimate of drug-likeness (QED) is 0.446. The number of aromatic amines is 1. The molecule has 0 bridgehead atoms. The second-order valence-electron chi connectivity index (χ2n) is 8.39. The van der Waals surface area contributed by atoms with Gasteiger partial charge in [-0.1, -0.05) is 30.3 Å². The van der Waals surface area contributed by atoms with Crippen LogP contribution >= 0.6 is 0 Å². The topological polar surface area (TPSA) is 84.1 Å². The highest BCUT2D eigenvalue weighted by Crippen LogP contribution is 2.29. The molecule has 2 aromatic carbocycles. The van der Waals surface area contributed by atoms with E-state index in [1.54, 1.807) is 6.26 Å². The monoisotopic (exact) mass is 438 g/mol. The fraction of sp³-hybridized carbons (Fsp3) is 0.192. The molecule has 1 saturated heterocycles. The zero-order valence-electron chi connectivity index (χ0n) is 17.9. The van der Waals surface area contributed by atoms with Crippen molar-refractivity contribution in [3.63, 3.8) is 0 Å². The fourth-order valence-corrected chi connectivity index (χ4v) is 4.84. The summed E-state index contributed by atoms with van der Waals surface area (Å²) in [6, 6.07) is 20.9. The first-order valence-corrected chi connectivity index (χ1v) is 11.1. The number of carbonyl (C=O) groups is 1. The summed E-state index contributed by atoms with van der Waals surface area (Å²) in [4.78, 5) is 35.7. The number of hydrogen-bond acceptors (Lipinski definition) is 4. The third-order valence-electron chi connectivity index (χ3n) is 6.46. The molecule has 0 atom stereocenters. The number of nitrogens with one attached hydrogen (secondary N) is 1. The van der Waals surface area contributed by atoms with Gasteiger partial charge in [0.25, 0.3) is 5.91 Å². The summed E-state index contributed by atoms with van der Waals surface area (Å²) in [5, 5.41) is 0.827. The number of imidazole rings is 1. The van der Waals surface area contributed by atoms with Crippen molar-refractivity contribution in [2.24, 2.45) is 0 Å². The van der Waals surface area contributed by atoms with E-state index in [1.165, 1.54) is 0 Å². The van der Waals surface area contributed by atoms with E-state index in [4.69, 9.17) is 4.42 Å². The molecule has 1 fully saturated rings. The molecular weight excluding hydrogens is 416 g/mol. The van der Waals surface area contributed by atoms with E-state index in [9.17, 15) is 9.59 Å². The summed E-state index contributed by atoms with van der Waals surface area (Å²) in [7, 11) is 0. The van der Waals surface area contributed by atoms with Gasteiger partial charge in [0.05, 0.1) is 28.4 Å². The van der Waals surface area contributed by atoms with Crippen molar-refractivity contribution in [1.29, 1.82) is 0 Å². The number of amides is 1. The number of benzene rings is 2. The lowest BCUT2D eigenvalue weighted by Crippen LogP contribution is -2.40. The van der Waals surface area contributed by atoms with Gasteiger partial charge in [-0.05, 0) is 49.2 Å². The Bertz CT molecular complexity index is 1520. The van der Waals surface area contributed by atoms with Crippen molar-refractivity contribution >= 4 is 27.8 Å². The molecule has 3 aromatic heterocycles. The van der Waals surface area contributed by atoms with Crippen LogP contribution in [0.3, 0.4) is 0 Å². The Morgan fingerprint density at radius 2 is 1.79 bits per heavy atom. The molecule has 0 aliphatic carbocycles. The number of rotatable bonds is 3. The number of pyridine rings is 1. The highest BCUT2D eigenvalue weighted by Gasteiger charge is 2.28. The highest BCUT2D eigenvalue weighted by molar-refractivity contribution is 6.07. The van der Waals surface area contributed by atoms with E-state index in [1.807, 2.05) is 76.2 Å². The lowest BCUT2D eigenvalue weighted by Gasteiger charge is -2.33. The molecule has 4 heterocycles. The van der Waals surface area contributed by atoms with Crippen LogP contribution in [0, 0.1) is 0 Å². The Labute approximate surface area is 189 Å². The zero-order valence-corrected chi connectivity index (χ0v) is 17.9. The fourth-order valence-electron chi connectivity index (χ4n) is 4.84. The van der Waals surface area contributed by atoms with Gasteiger partial charge in [0.15, 0.2) is 5.76 Å². The van der Waals surface area contributed by atoms with Crippen LogP contribution in [-0.4, -0.2) is 38.4 Å². The minimum atomic E-state index is -0.0933. The Morgan fingerprint density at radius 3 is 2.61 bits per heavy atom. The predicted molar refractivity (Wildman–Crippen MR) is 126 cm³/mol. The van der Waals surface area contributed by atoms with Gasteiger partial charge in [-0.25, -0.2) is 9.78 Å². The lowest BCUT2D eigenvalue weighted by molar-refractivity contribution is 0.0697. The summed E-state index contributed by atoms with van der Waals surface area (Å²) in [5.74, 6) is 0.610. The Hall–Kier alpha value is -4.13. The molecule has 0 spiro atoms. The molecule has 164 valence electrons. The van der Waals surface area contributed by atoms with Crippen molar-refractivity contribution in [2.75, 3.05) is 13.1 Å². The Morgan fingerprint density at radius 1 is 1.00 bits per heavy atom. The Balaban J connectivity index is 1.30. The molecule has 0 saturated carbocycles. The van der Waals surface area contributed by atoms with Crippen LogP contribution in [0.2, 0.25) is 0 Å². The molecular formula is C26H22N4O3. The summed E-state index contributed by atoms with van der Waals surface area (Å²) < 4.78 is 7.37. The van der Waals surface area contributed by atoms with Gasteiger partial charge in [0.1, 0.15) is 5.69 Å². The van der Waals surface area contributed by atoms with Crippen molar-refractivity contribution in [1.82, 2.24) is 19.4 Å². The second-order valence-corrected chi connectivity index (χ2v) is 8.39. The van der Waals surface area contributed by atoms with Gasteiger partial charge in [0, 0.05) is 24.5 Å².